The molecule has 2 saturated carbocycles. The molecule has 0 atom stereocenters. The van der Waals surface area contributed by atoms with Gasteiger partial charge in [-0.05, 0) is 67.0 Å². The van der Waals surface area contributed by atoms with Gasteiger partial charge >= 0.3 is 6.18 Å². The number of halogens is 4. The molecule has 3 nitrogen and oxygen atoms in total. The van der Waals surface area contributed by atoms with Gasteiger partial charge < -0.3 is 10.6 Å². The summed E-state index contributed by atoms with van der Waals surface area (Å²) in [6, 6.07) is 5.37. The molecule has 150 valence electrons. The summed E-state index contributed by atoms with van der Waals surface area (Å²) >= 11 is 0. The highest BCUT2D eigenvalue weighted by molar-refractivity contribution is 5.59. The number of benzene rings is 1. The van der Waals surface area contributed by atoms with Gasteiger partial charge in [0.2, 0.25) is 0 Å². The van der Waals surface area contributed by atoms with Crippen molar-refractivity contribution in [2.45, 2.75) is 63.2 Å². The second-order valence-electron chi connectivity index (χ2n) is 7.72. The van der Waals surface area contributed by atoms with Crippen molar-refractivity contribution in [3.8, 4) is 0 Å². The summed E-state index contributed by atoms with van der Waals surface area (Å²) in [5.41, 5.74) is 1.23. The zero-order chi connectivity index (χ0) is 19.7. The first-order valence-corrected chi connectivity index (χ1v) is 9.76. The Labute approximate surface area is 161 Å². The Morgan fingerprint density at radius 2 is 1.79 bits per heavy atom. The predicted octanol–water partition coefficient (Wildman–Crippen LogP) is 5.89. The van der Waals surface area contributed by atoms with Crippen LogP contribution in [0.2, 0.25) is 0 Å². The number of nitrogens with one attached hydrogen (secondary N) is 2. The number of hydrogen-bond acceptors (Lipinski definition) is 3. The largest absolute Gasteiger partial charge is 0.419 e. The Morgan fingerprint density at radius 3 is 2.46 bits per heavy atom. The van der Waals surface area contributed by atoms with E-state index < -0.39 is 17.6 Å². The predicted molar refractivity (Wildman–Crippen MR) is 100.0 cm³/mol. The third-order valence-electron chi connectivity index (χ3n) is 5.52. The molecule has 4 rings (SSSR count). The lowest BCUT2D eigenvalue weighted by atomic mass is 10.0. The topological polar surface area (TPSA) is 37.0 Å². The molecule has 0 bridgehead atoms. The van der Waals surface area contributed by atoms with Gasteiger partial charge in [-0.2, -0.15) is 13.2 Å². The highest BCUT2D eigenvalue weighted by Crippen LogP contribution is 2.42. The molecule has 0 spiro atoms. The minimum Gasteiger partial charge on any atom is -0.340 e. The average Bonchev–Trinajstić information content (AvgIpc) is 3.37. The Morgan fingerprint density at radius 1 is 1.04 bits per heavy atom. The normalized spacial score (nSPS) is 17.9. The SMILES string of the molecule is Fc1ccc(Nc2cc(C3CC3)c(CNC3CCCC3)cn2)cc1C(F)(F)F. The van der Waals surface area contributed by atoms with Gasteiger partial charge in [0.15, 0.2) is 0 Å². The first kappa shape index (κ1) is 19.2. The van der Waals surface area contributed by atoms with Gasteiger partial charge in [0, 0.05) is 24.5 Å². The molecule has 1 heterocycles. The number of aromatic nitrogens is 1. The monoisotopic (exact) mass is 393 g/mol. The van der Waals surface area contributed by atoms with Crippen molar-refractivity contribution in [3.63, 3.8) is 0 Å². The molecule has 0 radical (unpaired) electrons. The van der Waals surface area contributed by atoms with Gasteiger partial charge in [-0.25, -0.2) is 9.37 Å². The van der Waals surface area contributed by atoms with Crippen LogP contribution in [0.25, 0.3) is 0 Å². The van der Waals surface area contributed by atoms with Crippen molar-refractivity contribution >= 4 is 11.5 Å². The van der Waals surface area contributed by atoms with Gasteiger partial charge in [-0.15, -0.1) is 0 Å². The molecule has 2 aliphatic carbocycles. The first-order valence-electron chi connectivity index (χ1n) is 9.76. The lowest BCUT2D eigenvalue weighted by Crippen LogP contribution is -2.25. The van der Waals surface area contributed by atoms with E-state index in [1.807, 2.05) is 6.07 Å². The van der Waals surface area contributed by atoms with Gasteiger partial charge in [0.1, 0.15) is 11.6 Å². The number of pyridine rings is 1. The van der Waals surface area contributed by atoms with E-state index in [4.69, 9.17) is 0 Å². The average molecular weight is 393 g/mol. The lowest BCUT2D eigenvalue weighted by molar-refractivity contribution is -0.139. The Kier molecular flexibility index (Phi) is 5.27. The van der Waals surface area contributed by atoms with Crippen LogP contribution in [0.3, 0.4) is 0 Å². The summed E-state index contributed by atoms with van der Waals surface area (Å²) < 4.78 is 52.2. The molecule has 28 heavy (non-hydrogen) atoms. The zero-order valence-electron chi connectivity index (χ0n) is 15.5. The maximum absolute atomic E-state index is 13.5. The van der Waals surface area contributed by atoms with Gasteiger partial charge in [-0.1, -0.05) is 12.8 Å². The number of alkyl halides is 3. The zero-order valence-corrected chi connectivity index (χ0v) is 15.5. The van der Waals surface area contributed by atoms with Gasteiger partial charge in [0.05, 0.1) is 5.56 Å². The van der Waals surface area contributed by atoms with Crippen LogP contribution in [-0.4, -0.2) is 11.0 Å². The van der Waals surface area contributed by atoms with E-state index >= 15 is 0 Å². The van der Waals surface area contributed by atoms with Gasteiger partial charge in [-0.3, -0.25) is 0 Å². The van der Waals surface area contributed by atoms with Crippen LogP contribution in [0.15, 0.2) is 30.5 Å². The van der Waals surface area contributed by atoms with Crippen LogP contribution in [0.4, 0.5) is 29.1 Å². The fraction of sp³-hybridized carbons (Fsp3) is 0.476. The molecule has 2 aromatic rings. The molecular formula is C21H23F4N3. The molecule has 1 aromatic heterocycles. The third kappa shape index (κ3) is 4.46. The van der Waals surface area contributed by atoms with Crippen molar-refractivity contribution in [1.29, 1.82) is 0 Å². The van der Waals surface area contributed by atoms with Crippen molar-refractivity contribution in [2.24, 2.45) is 0 Å². The van der Waals surface area contributed by atoms with Crippen molar-refractivity contribution in [1.82, 2.24) is 10.3 Å². The van der Waals surface area contributed by atoms with E-state index in [2.05, 4.69) is 15.6 Å². The van der Waals surface area contributed by atoms with Crippen LogP contribution >= 0.6 is 0 Å². The fourth-order valence-corrected chi connectivity index (χ4v) is 3.84. The highest BCUT2D eigenvalue weighted by Gasteiger charge is 2.34. The van der Waals surface area contributed by atoms with Crippen LogP contribution < -0.4 is 10.6 Å². The van der Waals surface area contributed by atoms with E-state index in [0.717, 1.165) is 37.1 Å². The summed E-state index contributed by atoms with van der Waals surface area (Å²) in [5, 5.41) is 6.49. The molecule has 0 unspecified atom stereocenters. The Hall–Kier alpha value is -2.15. The van der Waals surface area contributed by atoms with Crippen LogP contribution in [0.1, 0.15) is 61.1 Å². The molecule has 2 N–H and O–H groups in total. The molecule has 0 amide bonds. The maximum Gasteiger partial charge on any atom is 0.419 e. The van der Waals surface area contributed by atoms with Crippen molar-refractivity contribution < 1.29 is 17.6 Å². The van der Waals surface area contributed by atoms with E-state index in [1.165, 1.54) is 37.3 Å². The molecule has 0 saturated heterocycles. The van der Waals surface area contributed by atoms with Crippen LogP contribution in [-0.2, 0) is 12.7 Å². The molecule has 2 fully saturated rings. The van der Waals surface area contributed by atoms with E-state index in [1.54, 1.807) is 6.20 Å². The maximum atomic E-state index is 13.5. The quantitative estimate of drug-likeness (QED) is 0.601. The molecule has 1 aromatic carbocycles. The number of hydrogen-bond donors (Lipinski definition) is 2. The minimum absolute atomic E-state index is 0.166. The number of nitrogens with zero attached hydrogens (tertiary/aromatic N) is 1. The summed E-state index contributed by atoms with van der Waals surface area (Å²) in [6.07, 6.45) is 4.26. The summed E-state index contributed by atoms with van der Waals surface area (Å²) in [7, 11) is 0. The van der Waals surface area contributed by atoms with Crippen molar-refractivity contribution in [3.05, 3.63) is 53.0 Å². The molecular weight excluding hydrogens is 370 g/mol. The second kappa shape index (κ2) is 7.70. The molecule has 7 heteroatoms. The summed E-state index contributed by atoms with van der Waals surface area (Å²) in [5.74, 6) is -0.313. The van der Waals surface area contributed by atoms with E-state index in [-0.39, 0.29) is 5.69 Å². The standard InChI is InChI=1S/C21H23F4N3/c22-19-8-7-16(9-18(19)21(23,24)25)28-20-10-17(13-5-6-13)14(12-27-20)11-26-15-3-1-2-4-15/h7-10,12-13,15,26H,1-6,11H2,(H,27,28). The van der Waals surface area contributed by atoms with Crippen LogP contribution in [0.5, 0.6) is 0 Å². The second-order valence-corrected chi connectivity index (χ2v) is 7.72. The lowest BCUT2D eigenvalue weighted by Gasteiger charge is -2.16. The van der Waals surface area contributed by atoms with E-state index in [0.29, 0.717) is 17.8 Å². The Bertz CT molecular complexity index is 840. The first-order chi connectivity index (χ1) is 13.4. The number of rotatable bonds is 6. The smallest absolute Gasteiger partial charge is 0.340 e. The third-order valence-corrected chi connectivity index (χ3v) is 5.52. The highest BCUT2D eigenvalue weighted by atomic mass is 19.4. The molecule has 2 aliphatic rings. The van der Waals surface area contributed by atoms with Gasteiger partial charge in [0.25, 0.3) is 0 Å². The van der Waals surface area contributed by atoms with E-state index in [9.17, 15) is 17.6 Å². The van der Waals surface area contributed by atoms with Crippen LogP contribution in [0, 0.1) is 5.82 Å². The fourth-order valence-electron chi connectivity index (χ4n) is 3.84. The summed E-state index contributed by atoms with van der Waals surface area (Å²) in [4.78, 5) is 4.38. The Balaban J connectivity index is 1.51. The van der Waals surface area contributed by atoms with Crippen molar-refractivity contribution in [2.75, 3.05) is 5.32 Å². The number of anilines is 2. The minimum atomic E-state index is -4.73. The molecule has 0 aliphatic heterocycles. The summed E-state index contributed by atoms with van der Waals surface area (Å²) in [6.45, 7) is 0.762.